The van der Waals surface area contributed by atoms with Crippen molar-refractivity contribution in [3.63, 3.8) is 0 Å². The van der Waals surface area contributed by atoms with Gasteiger partial charge in [-0.05, 0) is 119 Å². The van der Waals surface area contributed by atoms with E-state index in [4.69, 9.17) is 0 Å². The molecule has 54 heavy (non-hydrogen) atoms. The molecule has 0 amide bonds. The molecule has 3 aliphatic rings. The molecule has 2 nitrogen and oxygen atoms in total. The first-order valence-electron chi connectivity index (χ1n) is 20.0. The van der Waals surface area contributed by atoms with Gasteiger partial charge in [-0.2, -0.15) is 0 Å². The third-order valence-electron chi connectivity index (χ3n) is 13.3. The third-order valence-corrected chi connectivity index (χ3v) is 13.3. The van der Waals surface area contributed by atoms with E-state index in [1.165, 1.54) is 87.5 Å². The van der Waals surface area contributed by atoms with Crippen LogP contribution >= 0.6 is 0 Å². The predicted molar refractivity (Wildman–Crippen MR) is 226 cm³/mol. The van der Waals surface area contributed by atoms with E-state index in [-0.39, 0.29) is 5.41 Å². The fourth-order valence-electron chi connectivity index (χ4n) is 11.3. The first-order chi connectivity index (χ1) is 26.7. The quantitative estimate of drug-likeness (QED) is 0.174. The summed E-state index contributed by atoms with van der Waals surface area (Å²) in [5, 5.41) is 2.67. The predicted octanol–water partition coefficient (Wildman–Crippen LogP) is 14.0. The molecule has 2 aliphatic carbocycles. The number of para-hydroxylation sites is 2. The van der Waals surface area contributed by atoms with Gasteiger partial charge in [-0.15, -0.1) is 0 Å². The Kier molecular flexibility index (Phi) is 7.24. The van der Waals surface area contributed by atoms with Crippen LogP contribution in [0.25, 0.3) is 49.7 Å². The fourth-order valence-corrected chi connectivity index (χ4v) is 11.3. The first-order valence-corrected chi connectivity index (χ1v) is 20.0. The Labute approximate surface area is 318 Å². The van der Waals surface area contributed by atoms with Crippen molar-refractivity contribution >= 4 is 38.9 Å². The molecule has 1 aromatic heterocycles. The molecule has 1 spiro atoms. The zero-order chi connectivity index (χ0) is 35.8. The largest absolute Gasteiger partial charge is 0.310 e. The maximum atomic E-state index is 2.63. The van der Waals surface area contributed by atoms with Gasteiger partial charge in [0, 0.05) is 27.6 Å². The molecule has 1 aliphatic heterocycles. The Morgan fingerprint density at radius 2 is 1.06 bits per heavy atom. The maximum Gasteiger partial charge on any atom is 0.0603 e. The lowest BCUT2D eigenvalue weighted by atomic mass is 9.47. The second kappa shape index (κ2) is 12.4. The van der Waals surface area contributed by atoms with Crippen LogP contribution in [0.15, 0.2) is 170 Å². The lowest BCUT2D eigenvalue weighted by Crippen LogP contribution is -2.52. The molecule has 8 aromatic rings. The smallest absolute Gasteiger partial charge is 0.0603 e. The molecule has 0 radical (unpaired) electrons. The Hall–Kier alpha value is -5.86. The van der Waals surface area contributed by atoms with Crippen LogP contribution in [-0.4, -0.2) is 4.57 Å². The van der Waals surface area contributed by atoms with Crippen LogP contribution in [0.4, 0.5) is 17.1 Å². The average molecular weight is 697 g/mol. The van der Waals surface area contributed by atoms with E-state index in [1.54, 1.807) is 11.1 Å². The topological polar surface area (TPSA) is 8.17 Å². The van der Waals surface area contributed by atoms with Crippen LogP contribution < -0.4 is 4.90 Å². The number of nitrogens with zero attached hydrogens (tertiary/aromatic N) is 2. The van der Waals surface area contributed by atoms with Crippen LogP contribution in [0.3, 0.4) is 0 Å². The van der Waals surface area contributed by atoms with E-state index in [1.807, 2.05) is 0 Å². The highest BCUT2D eigenvalue weighted by Crippen LogP contribution is 2.64. The van der Waals surface area contributed by atoms with Gasteiger partial charge in [-0.3, -0.25) is 0 Å². The molecule has 0 N–H and O–H groups in total. The number of hydrogen-bond acceptors (Lipinski definition) is 1. The van der Waals surface area contributed by atoms with Crippen molar-refractivity contribution in [3.8, 4) is 27.9 Å². The molecule has 2 bridgehead atoms. The van der Waals surface area contributed by atoms with Gasteiger partial charge in [0.2, 0.25) is 0 Å². The highest BCUT2D eigenvalue weighted by Gasteiger charge is 2.56. The molecule has 2 heterocycles. The second-order valence-corrected chi connectivity index (χ2v) is 16.2. The van der Waals surface area contributed by atoms with Gasteiger partial charge in [0.15, 0.2) is 0 Å². The van der Waals surface area contributed by atoms with Crippen LogP contribution in [0, 0.1) is 17.8 Å². The van der Waals surface area contributed by atoms with Crippen molar-refractivity contribution < 1.29 is 0 Å². The summed E-state index contributed by atoms with van der Waals surface area (Å²) >= 11 is 0. The average Bonchev–Trinajstić information content (AvgIpc) is 3.58. The summed E-state index contributed by atoms with van der Waals surface area (Å²) in [5.41, 5.74) is 15.7. The summed E-state index contributed by atoms with van der Waals surface area (Å²) < 4.78 is 2.63. The second-order valence-electron chi connectivity index (χ2n) is 16.2. The van der Waals surface area contributed by atoms with Crippen molar-refractivity contribution in [1.29, 1.82) is 0 Å². The summed E-state index contributed by atoms with van der Waals surface area (Å²) in [6, 6.07) is 63.4. The monoisotopic (exact) mass is 696 g/mol. The molecule has 0 saturated heterocycles. The van der Waals surface area contributed by atoms with E-state index < -0.39 is 0 Å². The minimum absolute atomic E-state index is 0.0298. The number of anilines is 3. The van der Waals surface area contributed by atoms with Gasteiger partial charge in [-0.1, -0.05) is 141 Å². The molecule has 2 heteroatoms. The molecular formula is C52H44N2. The SMILES string of the molecule is CC1C[C@@H]2CCC[C@@H](C1)C21c2ccccc2-n2c3ccccc3c3c(N(c4ccc(-c5ccccc5)cc4)c4ccc(-c5ccccc5)cc4)ccc1c32. The zero-order valence-corrected chi connectivity index (χ0v) is 30.8. The van der Waals surface area contributed by atoms with Crippen LogP contribution in [0.5, 0.6) is 0 Å². The Morgan fingerprint density at radius 3 is 1.69 bits per heavy atom. The number of fused-ring (bicyclic) bond motifs is 5. The maximum absolute atomic E-state index is 2.63. The van der Waals surface area contributed by atoms with E-state index in [2.05, 4.69) is 186 Å². The molecule has 262 valence electrons. The van der Waals surface area contributed by atoms with E-state index >= 15 is 0 Å². The summed E-state index contributed by atoms with van der Waals surface area (Å²) in [7, 11) is 0. The first kappa shape index (κ1) is 31.6. The van der Waals surface area contributed by atoms with Gasteiger partial charge in [-0.25, -0.2) is 0 Å². The summed E-state index contributed by atoms with van der Waals surface area (Å²) in [4.78, 5) is 2.51. The molecule has 2 atom stereocenters. The van der Waals surface area contributed by atoms with E-state index in [9.17, 15) is 0 Å². The van der Waals surface area contributed by atoms with Gasteiger partial charge in [0.1, 0.15) is 0 Å². The standard InChI is InChI=1S/C52H44N2/c1-35-33-40-17-12-18-41(34-35)52(40)45-20-9-11-22-48(45)54-47-21-10-8-19-44(47)50-49(32-31-46(52)51(50)54)53(42-27-23-38(24-28-42)36-13-4-2-5-14-36)43-29-25-39(26-30-43)37-15-6-3-7-16-37/h2-11,13-16,19-32,35,40-41H,12,17-18,33-34H2,1H3/t35?,40-,41-,52?/m0/s1. The Morgan fingerprint density at radius 1 is 0.519 bits per heavy atom. The van der Waals surface area contributed by atoms with E-state index in [0.29, 0.717) is 11.8 Å². The van der Waals surface area contributed by atoms with Crippen molar-refractivity contribution in [2.24, 2.45) is 17.8 Å². The van der Waals surface area contributed by atoms with Gasteiger partial charge >= 0.3 is 0 Å². The number of aromatic nitrogens is 1. The van der Waals surface area contributed by atoms with Crippen LogP contribution in [0.1, 0.15) is 50.2 Å². The third kappa shape index (κ3) is 4.59. The van der Waals surface area contributed by atoms with Crippen LogP contribution in [0.2, 0.25) is 0 Å². The van der Waals surface area contributed by atoms with Crippen LogP contribution in [-0.2, 0) is 5.41 Å². The zero-order valence-electron chi connectivity index (χ0n) is 30.8. The van der Waals surface area contributed by atoms with Crippen molar-refractivity contribution in [2.75, 3.05) is 4.90 Å². The minimum Gasteiger partial charge on any atom is -0.310 e. The summed E-state index contributed by atoms with van der Waals surface area (Å²) in [6.07, 6.45) is 6.59. The van der Waals surface area contributed by atoms with Gasteiger partial charge in [0.05, 0.1) is 22.4 Å². The lowest BCUT2D eigenvalue weighted by molar-refractivity contribution is 0.0532. The Bertz CT molecular complexity index is 2550. The van der Waals surface area contributed by atoms with Gasteiger partial charge < -0.3 is 9.47 Å². The minimum atomic E-state index is 0.0298. The normalized spacial score (nSPS) is 21.3. The van der Waals surface area contributed by atoms with Crippen molar-refractivity contribution in [2.45, 2.75) is 44.4 Å². The molecule has 7 aromatic carbocycles. The van der Waals surface area contributed by atoms with Crippen molar-refractivity contribution in [3.05, 3.63) is 181 Å². The fraction of sp³-hybridized carbons (Fsp3) is 0.192. The van der Waals surface area contributed by atoms with Crippen molar-refractivity contribution in [1.82, 2.24) is 4.57 Å². The molecular weight excluding hydrogens is 653 g/mol. The molecule has 11 rings (SSSR count). The molecule has 0 unspecified atom stereocenters. The van der Waals surface area contributed by atoms with E-state index in [0.717, 1.165) is 17.3 Å². The highest BCUT2D eigenvalue weighted by molar-refractivity contribution is 6.18. The number of hydrogen-bond donors (Lipinski definition) is 0. The number of rotatable bonds is 5. The number of benzene rings is 7. The van der Waals surface area contributed by atoms with Gasteiger partial charge in [0.25, 0.3) is 0 Å². The Balaban J connectivity index is 1.19. The summed E-state index contributed by atoms with van der Waals surface area (Å²) in [6.45, 7) is 2.51. The molecule has 2 fully saturated rings. The highest BCUT2D eigenvalue weighted by atomic mass is 15.1. The molecule has 2 saturated carbocycles. The summed E-state index contributed by atoms with van der Waals surface area (Å²) in [5.74, 6) is 2.07. The lowest BCUT2D eigenvalue weighted by Gasteiger charge is -2.57.